The maximum atomic E-state index is 14.6. The highest BCUT2D eigenvalue weighted by atomic mass is 32.2. The molecule has 1 fully saturated rings. The largest absolute Gasteiger partial charge is 0.454 e. The minimum Gasteiger partial charge on any atom is -0.454 e. The Hall–Kier alpha value is -3.36. The van der Waals surface area contributed by atoms with Crippen molar-refractivity contribution in [2.45, 2.75) is 25.1 Å². The Kier molecular flexibility index (Phi) is 6.63. The van der Waals surface area contributed by atoms with Crippen LogP contribution < -0.4 is 4.74 Å². The van der Waals surface area contributed by atoms with Crippen LogP contribution in [0.4, 0.5) is 17.6 Å². The molecule has 0 radical (unpaired) electrons. The number of amidine groups is 1. The fourth-order valence-electron chi connectivity index (χ4n) is 3.53. The van der Waals surface area contributed by atoms with Gasteiger partial charge < -0.3 is 14.7 Å². The molecule has 2 aliphatic heterocycles. The summed E-state index contributed by atoms with van der Waals surface area (Å²) in [6.07, 6.45) is -2.40. The number of alkyl halides is 3. The molecular formula is C23H17F4N3O3S. The quantitative estimate of drug-likeness (QED) is 0.484. The van der Waals surface area contributed by atoms with Crippen molar-refractivity contribution in [2.24, 2.45) is 4.99 Å². The Morgan fingerprint density at radius 1 is 1.24 bits per heavy atom. The van der Waals surface area contributed by atoms with Crippen LogP contribution in [0.1, 0.15) is 29.5 Å². The molecule has 1 amide bonds. The van der Waals surface area contributed by atoms with Gasteiger partial charge in [-0.05, 0) is 66.6 Å². The molecular weight excluding hydrogens is 474 g/mol. The number of halogens is 4. The topological polar surface area (TPSA) is 85.9 Å². The van der Waals surface area contributed by atoms with Crippen molar-refractivity contribution in [1.82, 2.24) is 4.90 Å². The smallest absolute Gasteiger partial charge is 0.420 e. The van der Waals surface area contributed by atoms with E-state index in [1.807, 2.05) is 4.90 Å². The first-order valence-corrected chi connectivity index (χ1v) is 11.0. The average molecular weight is 491 g/mol. The van der Waals surface area contributed by atoms with E-state index < -0.39 is 41.1 Å². The molecule has 34 heavy (non-hydrogen) atoms. The van der Waals surface area contributed by atoms with Crippen LogP contribution in [0, 0.1) is 17.1 Å². The van der Waals surface area contributed by atoms with Crippen molar-refractivity contribution in [3.8, 4) is 17.6 Å². The first-order chi connectivity index (χ1) is 16.1. The lowest BCUT2D eigenvalue weighted by atomic mass is 10.1. The zero-order chi connectivity index (χ0) is 24.5. The van der Waals surface area contributed by atoms with E-state index in [0.29, 0.717) is 36.3 Å². The number of aliphatic imine (C=N–C) groups is 1. The standard InChI is InChI=1S/C23H17F4N3O3S/c24-17-9-13(10-20-21(32)29-22(34-20)30-7-1-2-15(31)12-30)3-6-19(17)33-18-5-4-14(11-28)8-16(18)23(25,26)27/h3-6,8-10,15,31H,1-2,7,12H2. The summed E-state index contributed by atoms with van der Waals surface area (Å²) >= 11 is 1.11. The lowest BCUT2D eigenvalue weighted by Gasteiger charge is -2.30. The monoisotopic (exact) mass is 491 g/mol. The van der Waals surface area contributed by atoms with E-state index in [4.69, 9.17) is 10.00 Å². The number of carbonyl (C=O) groups is 1. The minimum atomic E-state index is -4.80. The van der Waals surface area contributed by atoms with Crippen molar-refractivity contribution in [1.29, 1.82) is 5.26 Å². The number of hydrogen-bond acceptors (Lipinski definition) is 6. The molecule has 0 aliphatic carbocycles. The number of ether oxygens (including phenoxy) is 1. The Morgan fingerprint density at radius 3 is 2.68 bits per heavy atom. The van der Waals surface area contributed by atoms with Gasteiger partial charge in [0.25, 0.3) is 5.91 Å². The van der Waals surface area contributed by atoms with Gasteiger partial charge in [-0.3, -0.25) is 4.79 Å². The summed E-state index contributed by atoms with van der Waals surface area (Å²) in [6, 6.07) is 7.96. The summed E-state index contributed by atoms with van der Waals surface area (Å²) in [7, 11) is 0. The van der Waals surface area contributed by atoms with Crippen molar-refractivity contribution < 1.29 is 32.2 Å². The molecule has 1 saturated heterocycles. The van der Waals surface area contributed by atoms with Gasteiger partial charge in [-0.2, -0.15) is 23.4 Å². The number of β-amino-alcohol motifs (C(OH)–C–C–N with tert-alkyl or cyclic N) is 1. The van der Waals surface area contributed by atoms with Crippen molar-refractivity contribution >= 4 is 28.9 Å². The summed E-state index contributed by atoms with van der Waals surface area (Å²) in [4.78, 5) is 18.4. The van der Waals surface area contributed by atoms with E-state index in [2.05, 4.69) is 4.99 Å². The van der Waals surface area contributed by atoms with Gasteiger partial charge >= 0.3 is 6.18 Å². The maximum Gasteiger partial charge on any atom is 0.420 e. The lowest BCUT2D eigenvalue weighted by Crippen LogP contribution is -2.40. The third-order valence-electron chi connectivity index (χ3n) is 5.16. The first kappa shape index (κ1) is 23.8. The van der Waals surface area contributed by atoms with Gasteiger partial charge in [-0.15, -0.1) is 0 Å². The number of likely N-dealkylation sites (tertiary alicyclic amines) is 1. The number of aliphatic hydroxyl groups is 1. The number of thioether (sulfide) groups is 1. The highest BCUT2D eigenvalue weighted by Gasteiger charge is 2.35. The summed E-state index contributed by atoms with van der Waals surface area (Å²) in [5.41, 5.74) is -1.11. The molecule has 0 spiro atoms. The molecule has 2 aromatic carbocycles. The van der Waals surface area contributed by atoms with Crippen LogP contribution >= 0.6 is 11.8 Å². The molecule has 1 atom stereocenters. The highest BCUT2D eigenvalue weighted by Crippen LogP contribution is 2.39. The van der Waals surface area contributed by atoms with Crippen LogP contribution in [0.25, 0.3) is 6.08 Å². The second kappa shape index (κ2) is 9.48. The second-order valence-corrected chi connectivity index (χ2v) is 8.67. The molecule has 1 unspecified atom stereocenters. The van der Waals surface area contributed by atoms with Gasteiger partial charge in [0.2, 0.25) is 0 Å². The van der Waals surface area contributed by atoms with Crippen LogP contribution in [0.5, 0.6) is 11.5 Å². The fourth-order valence-corrected chi connectivity index (χ4v) is 4.48. The number of hydrogen-bond donors (Lipinski definition) is 1. The van der Waals surface area contributed by atoms with E-state index in [0.717, 1.165) is 42.4 Å². The molecule has 2 aliphatic rings. The summed E-state index contributed by atoms with van der Waals surface area (Å²) in [5.74, 6) is -2.50. The van der Waals surface area contributed by atoms with Crippen LogP contribution in [-0.4, -0.2) is 40.3 Å². The van der Waals surface area contributed by atoms with Gasteiger partial charge in [0.05, 0.1) is 28.2 Å². The summed E-state index contributed by atoms with van der Waals surface area (Å²) < 4.78 is 59.8. The maximum absolute atomic E-state index is 14.6. The molecule has 2 heterocycles. The Balaban J connectivity index is 1.52. The molecule has 176 valence electrons. The van der Waals surface area contributed by atoms with E-state index in [1.165, 1.54) is 12.1 Å². The lowest BCUT2D eigenvalue weighted by molar-refractivity contribution is -0.138. The summed E-state index contributed by atoms with van der Waals surface area (Å²) in [5, 5.41) is 19.1. The van der Waals surface area contributed by atoms with Crippen molar-refractivity contribution in [3.05, 3.63) is 63.8 Å². The molecule has 0 aromatic heterocycles. The van der Waals surface area contributed by atoms with Crippen LogP contribution in [0.3, 0.4) is 0 Å². The molecule has 0 saturated carbocycles. The SMILES string of the molecule is N#Cc1ccc(Oc2ccc(C=C3SC(N4CCCC(O)C4)=NC3=O)cc2F)c(C(F)(F)F)c1. The number of nitrogens with zero attached hydrogens (tertiary/aromatic N) is 3. The van der Waals surface area contributed by atoms with Gasteiger partial charge in [-0.1, -0.05) is 6.07 Å². The van der Waals surface area contributed by atoms with Crippen molar-refractivity contribution in [2.75, 3.05) is 13.1 Å². The van der Waals surface area contributed by atoms with E-state index in [-0.39, 0.29) is 10.5 Å². The predicted molar refractivity (Wildman–Crippen MR) is 117 cm³/mol. The third kappa shape index (κ3) is 5.24. The predicted octanol–water partition coefficient (Wildman–Crippen LogP) is 4.94. The fraction of sp³-hybridized carbons (Fsp3) is 0.261. The van der Waals surface area contributed by atoms with Gasteiger partial charge in [-0.25, -0.2) is 4.39 Å². The Morgan fingerprint density at radius 2 is 2.00 bits per heavy atom. The number of rotatable bonds is 3. The number of amides is 1. The number of nitriles is 1. The van der Waals surface area contributed by atoms with Gasteiger partial charge in [0, 0.05) is 13.1 Å². The minimum absolute atomic E-state index is 0.207. The van der Waals surface area contributed by atoms with Crippen LogP contribution in [-0.2, 0) is 11.0 Å². The average Bonchev–Trinajstić information content (AvgIpc) is 3.15. The Bertz CT molecular complexity index is 1240. The Labute approximate surface area is 196 Å². The first-order valence-electron chi connectivity index (χ1n) is 10.2. The van der Waals surface area contributed by atoms with E-state index in [9.17, 15) is 27.5 Å². The molecule has 1 N–H and O–H groups in total. The van der Waals surface area contributed by atoms with Crippen LogP contribution in [0.2, 0.25) is 0 Å². The summed E-state index contributed by atoms with van der Waals surface area (Å²) in [6.45, 7) is 1.04. The zero-order valence-electron chi connectivity index (χ0n) is 17.5. The third-order valence-corrected chi connectivity index (χ3v) is 6.21. The molecule has 11 heteroatoms. The molecule has 2 aromatic rings. The number of piperidine rings is 1. The molecule has 0 bridgehead atoms. The second-order valence-electron chi connectivity index (χ2n) is 7.66. The molecule has 6 nitrogen and oxygen atoms in total. The molecule has 4 rings (SSSR count). The van der Waals surface area contributed by atoms with Gasteiger partial charge in [0.15, 0.2) is 16.7 Å². The number of aliphatic hydroxyl groups excluding tert-OH is 1. The van der Waals surface area contributed by atoms with Crippen molar-refractivity contribution in [3.63, 3.8) is 0 Å². The number of benzene rings is 2. The zero-order valence-corrected chi connectivity index (χ0v) is 18.3. The van der Waals surface area contributed by atoms with E-state index in [1.54, 1.807) is 6.07 Å². The van der Waals surface area contributed by atoms with E-state index >= 15 is 0 Å². The van der Waals surface area contributed by atoms with Crippen LogP contribution in [0.15, 0.2) is 46.3 Å². The number of carbonyl (C=O) groups excluding carboxylic acids is 1. The normalized spacial score (nSPS) is 19.8. The highest BCUT2D eigenvalue weighted by molar-refractivity contribution is 8.18. The van der Waals surface area contributed by atoms with Gasteiger partial charge in [0.1, 0.15) is 5.75 Å².